The van der Waals surface area contributed by atoms with Gasteiger partial charge in [0.2, 0.25) is 0 Å². The molecule has 1 aliphatic heterocycles. The van der Waals surface area contributed by atoms with E-state index in [4.69, 9.17) is 9.97 Å². The summed E-state index contributed by atoms with van der Waals surface area (Å²) in [6.45, 7) is 0. The Labute approximate surface area is 262 Å². The largest absolute Gasteiger partial charge is 0.365 e. The zero-order valence-electron chi connectivity index (χ0n) is 25.5. The molecule has 0 spiro atoms. The quantitative estimate of drug-likeness (QED) is 0.209. The first-order valence-electron chi connectivity index (χ1n) is 16.8. The van der Waals surface area contributed by atoms with E-state index in [1.807, 2.05) is 24.3 Å². The second-order valence-electron chi connectivity index (χ2n) is 13.1. The molecular weight excluding hydrogens is 534 g/mol. The lowest BCUT2D eigenvalue weighted by Crippen LogP contribution is -2.39. The summed E-state index contributed by atoms with van der Waals surface area (Å²) in [6.07, 6.45) is 12.7. The fraction of sp³-hybridized carbons (Fsp3) is 0.317. The predicted molar refractivity (Wildman–Crippen MR) is 182 cm³/mol. The van der Waals surface area contributed by atoms with Gasteiger partial charge < -0.3 is 4.90 Å². The Morgan fingerprint density at radius 2 is 0.886 bits per heavy atom. The first kappa shape index (κ1) is 27.3. The average Bonchev–Trinajstić information content (AvgIpc) is 3.22. The fourth-order valence-corrected chi connectivity index (χ4v) is 8.50. The van der Waals surface area contributed by atoms with E-state index in [-0.39, 0.29) is 0 Å². The Bertz CT molecular complexity index is 1640. The number of aromatic nitrogens is 2. The summed E-state index contributed by atoms with van der Waals surface area (Å²) in [7, 11) is 0. The van der Waals surface area contributed by atoms with Crippen LogP contribution in [-0.4, -0.2) is 22.1 Å². The monoisotopic (exact) mass is 575 g/mol. The van der Waals surface area contributed by atoms with Crippen LogP contribution in [0.1, 0.15) is 57.8 Å². The topological polar surface area (TPSA) is 29.0 Å². The zero-order valence-corrected chi connectivity index (χ0v) is 25.5. The molecule has 2 heterocycles. The van der Waals surface area contributed by atoms with Crippen LogP contribution >= 0.6 is 0 Å². The highest BCUT2D eigenvalue weighted by Gasteiger charge is 2.48. The smallest absolute Gasteiger partial charge is 0.160 e. The number of anilines is 1. The molecule has 0 radical (unpaired) electrons. The normalized spacial score (nSPS) is 23.0. The summed E-state index contributed by atoms with van der Waals surface area (Å²) < 4.78 is 0. The number of benzene rings is 4. The van der Waals surface area contributed by atoms with E-state index >= 15 is 0 Å². The average molecular weight is 576 g/mol. The van der Waals surface area contributed by atoms with Crippen molar-refractivity contribution in [3.05, 3.63) is 115 Å². The predicted octanol–water partition coefficient (Wildman–Crippen LogP) is 10.5. The van der Waals surface area contributed by atoms with Gasteiger partial charge in [0.05, 0.1) is 11.4 Å². The molecule has 2 aliphatic carbocycles. The summed E-state index contributed by atoms with van der Waals surface area (Å²) in [5.74, 6) is 2.56. The highest BCUT2D eigenvalue weighted by molar-refractivity contribution is 5.74. The number of fused-ring (bicyclic) bond motifs is 3. The van der Waals surface area contributed by atoms with Gasteiger partial charge in [-0.2, -0.15) is 0 Å². The first-order chi connectivity index (χ1) is 21.8. The molecule has 3 heteroatoms. The molecule has 44 heavy (non-hydrogen) atoms. The van der Waals surface area contributed by atoms with Crippen LogP contribution in [0.5, 0.6) is 0 Å². The van der Waals surface area contributed by atoms with Crippen LogP contribution in [0.15, 0.2) is 115 Å². The Balaban J connectivity index is 1.08. The van der Waals surface area contributed by atoms with E-state index in [0.717, 1.165) is 57.8 Å². The summed E-state index contributed by atoms with van der Waals surface area (Å²) in [6, 6.07) is 42.7. The van der Waals surface area contributed by atoms with Crippen LogP contribution in [0.4, 0.5) is 5.69 Å². The molecule has 2 saturated carbocycles. The molecule has 3 fully saturated rings. The molecular formula is C41H41N3. The molecule has 4 aromatic carbocycles. The molecule has 3 nitrogen and oxygen atoms in total. The van der Waals surface area contributed by atoms with E-state index in [1.54, 1.807) is 0 Å². The summed E-state index contributed by atoms with van der Waals surface area (Å²) in [5, 5.41) is 0. The SMILES string of the molecule is c1ccc(-c2cc(-c3ccc(-c4ccc(N5C6CCCCCC6C6CCCCC65)cc4)cc3)nc(-c3ccccc3)n2)cc1. The summed E-state index contributed by atoms with van der Waals surface area (Å²) in [5.41, 5.74) is 9.05. The van der Waals surface area contributed by atoms with Gasteiger partial charge >= 0.3 is 0 Å². The van der Waals surface area contributed by atoms with Gasteiger partial charge in [0, 0.05) is 34.5 Å². The lowest BCUT2D eigenvalue weighted by Gasteiger charge is -2.36. The molecule has 0 bridgehead atoms. The summed E-state index contributed by atoms with van der Waals surface area (Å²) >= 11 is 0. The maximum absolute atomic E-state index is 5.01. The van der Waals surface area contributed by atoms with Crippen LogP contribution in [0.2, 0.25) is 0 Å². The zero-order chi connectivity index (χ0) is 29.3. The second-order valence-corrected chi connectivity index (χ2v) is 13.1. The maximum Gasteiger partial charge on any atom is 0.160 e. The highest BCUT2D eigenvalue weighted by atomic mass is 15.2. The minimum absolute atomic E-state index is 0.741. The van der Waals surface area contributed by atoms with Crippen molar-refractivity contribution in [3.63, 3.8) is 0 Å². The molecule has 8 rings (SSSR count). The van der Waals surface area contributed by atoms with E-state index in [1.165, 1.54) is 74.6 Å². The summed E-state index contributed by atoms with van der Waals surface area (Å²) in [4.78, 5) is 12.8. The lowest BCUT2D eigenvalue weighted by molar-refractivity contribution is 0.259. The van der Waals surface area contributed by atoms with Gasteiger partial charge in [-0.1, -0.05) is 129 Å². The van der Waals surface area contributed by atoms with Gasteiger partial charge in [-0.3, -0.25) is 0 Å². The van der Waals surface area contributed by atoms with Crippen molar-refractivity contribution in [2.75, 3.05) is 4.90 Å². The molecule has 1 aromatic heterocycles. The van der Waals surface area contributed by atoms with E-state index < -0.39 is 0 Å². The highest BCUT2D eigenvalue weighted by Crippen LogP contribution is 2.50. The van der Waals surface area contributed by atoms with Crippen LogP contribution < -0.4 is 4.90 Å². The van der Waals surface area contributed by atoms with E-state index in [2.05, 4.69) is 95.9 Å². The second kappa shape index (κ2) is 12.0. The maximum atomic E-state index is 5.01. The lowest BCUT2D eigenvalue weighted by atomic mass is 9.76. The first-order valence-corrected chi connectivity index (χ1v) is 16.8. The van der Waals surface area contributed by atoms with Gasteiger partial charge in [0.15, 0.2) is 5.82 Å². The number of nitrogens with zero attached hydrogens (tertiary/aromatic N) is 3. The van der Waals surface area contributed by atoms with Gasteiger partial charge in [-0.15, -0.1) is 0 Å². The van der Waals surface area contributed by atoms with Crippen LogP contribution in [0.3, 0.4) is 0 Å². The van der Waals surface area contributed by atoms with E-state index in [0.29, 0.717) is 0 Å². The number of hydrogen-bond donors (Lipinski definition) is 0. The van der Waals surface area contributed by atoms with Crippen molar-refractivity contribution in [1.29, 1.82) is 0 Å². The van der Waals surface area contributed by atoms with Crippen LogP contribution in [0, 0.1) is 11.8 Å². The minimum atomic E-state index is 0.741. The van der Waals surface area contributed by atoms with Crippen molar-refractivity contribution < 1.29 is 0 Å². The van der Waals surface area contributed by atoms with Crippen molar-refractivity contribution in [2.45, 2.75) is 69.9 Å². The van der Waals surface area contributed by atoms with Gasteiger partial charge in [0.1, 0.15) is 0 Å². The van der Waals surface area contributed by atoms with Crippen LogP contribution in [-0.2, 0) is 0 Å². The number of hydrogen-bond acceptors (Lipinski definition) is 3. The Morgan fingerprint density at radius 1 is 0.432 bits per heavy atom. The third kappa shape index (κ3) is 5.23. The third-order valence-corrected chi connectivity index (χ3v) is 10.6. The van der Waals surface area contributed by atoms with E-state index in [9.17, 15) is 0 Å². The van der Waals surface area contributed by atoms with Crippen molar-refractivity contribution in [3.8, 4) is 45.0 Å². The minimum Gasteiger partial charge on any atom is -0.365 e. The number of rotatable bonds is 5. The Kier molecular flexibility index (Phi) is 7.47. The molecule has 4 unspecified atom stereocenters. The Morgan fingerprint density at radius 3 is 1.50 bits per heavy atom. The molecule has 4 atom stereocenters. The van der Waals surface area contributed by atoms with Crippen LogP contribution in [0.25, 0.3) is 45.0 Å². The van der Waals surface area contributed by atoms with Gasteiger partial charge in [-0.25, -0.2) is 9.97 Å². The fourth-order valence-electron chi connectivity index (χ4n) is 8.50. The van der Waals surface area contributed by atoms with Crippen molar-refractivity contribution in [1.82, 2.24) is 9.97 Å². The molecule has 5 aromatic rings. The molecule has 1 saturated heterocycles. The third-order valence-electron chi connectivity index (χ3n) is 10.6. The van der Waals surface area contributed by atoms with Gasteiger partial charge in [-0.05, 0) is 66.8 Å². The Hall–Kier alpha value is -4.24. The van der Waals surface area contributed by atoms with Crippen molar-refractivity contribution >= 4 is 5.69 Å². The van der Waals surface area contributed by atoms with Crippen molar-refractivity contribution in [2.24, 2.45) is 11.8 Å². The van der Waals surface area contributed by atoms with Gasteiger partial charge in [0.25, 0.3) is 0 Å². The molecule has 0 amide bonds. The molecule has 0 N–H and O–H groups in total. The molecule has 220 valence electrons. The standard InChI is InChI=1S/C41H41N3/c1-4-12-31(13-5-1)37-28-38(43-41(42-37)33-14-6-2-7-15-33)32-22-20-29(21-23-32)30-24-26-34(27-25-30)44-39-18-9-3-8-16-35(39)36-17-10-11-19-40(36)44/h1-2,4-7,12-15,20-28,35-36,39-40H,3,8-11,16-19H2. The molecule has 3 aliphatic rings.